The topological polar surface area (TPSA) is 76.7 Å². The van der Waals surface area contributed by atoms with Crippen molar-refractivity contribution in [2.45, 2.75) is 26.8 Å². The van der Waals surface area contributed by atoms with Crippen molar-refractivity contribution in [1.82, 2.24) is 5.32 Å². The van der Waals surface area contributed by atoms with Gasteiger partial charge in [0, 0.05) is 17.3 Å². The lowest BCUT2D eigenvalue weighted by Gasteiger charge is -2.23. The first kappa shape index (κ1) is 18.8. The Kier molecular flexibility index (Phi) is 5.64. The molecule has 0 spiro atoms. The summed E-state index contributed by atoms with van der Waals surface area (Å²) in [4.78, 5) is 25.4. The van der Waals surface area contributed by atoms with Crippen LogP contribution < -0.4 is 20.1 Å². The quantitative estimate of drug-likeness (QED) is 0.850. The molecule has 142 valence electrons. The summed E-state index contributed by atoms with van der Waals surface area (Å²) < 4.78 is 11.0. The highest BCUT2D eigenvalue weighted by atomic mass is 16.6. The molecule has 2 amide bonds. The lowest BCUT2D eigenvalue weighted by molar-refractivity contribution is -0.118. The number of hydrogen-bond acceptors (Lipinski definition) is 4. The number of hydrogen-bond donors (Lipinski definition) is 2. The SMILES string of the molecule is Cc1ccccc1C(=O)NC(C(=O)Nc1ccc2c(c1)OCCO2)C(C)C. The fourth-order valence-electron chi connectivity index (χ4n) is 2.92. The lowest BCUT2D eigenvalue weighted by atomic mass is 10.0. The van der Waals surface area contributed by atoms with E-state index in [-0.39, 0.29) is 17.7 Å². The Morgan fingerprint density at radius 3 is 2.41 bits per heavy atom. The minimum Gasteiger partial charge on any atom is -0.486 e. The molecular weight excluding hydrogens is 344 g/mol. The Morgan fingerprint density at radius 2 is 1.70 bits per heavy atom. The molecule has 0 aliphatic carbocycles. The second kappa shape index (κ2) is 8.12. The van der Waals surface area contributed by atoms with E-state index in [1.54, 1.807) is 24.3 Å². The Hall–Kier alpha value is -3.02. The molecule has 0 radical (unpaired) electrons. The van der Waals surface area contributed by atoms with E-state index in [1.165, 1.54) is 0 Å². The molecule has 1 atom stereocenters. The second-order valence-corrected chi connectivity index (χ2v) is 6.86. The van der Waals surface area contributed by atoms with Crippen LogP contribution in [0.4, 0.5) is 5.69 Å². The van der Waals surface area contributed by atoms with Crippen LogP contribution in [-0.4, -0.2) is 31.1 Å². The molecule has 1 unspecified atom stereocenters. The normalized spacial score (nSPS) is 13.8. The van der Waals surface area contributed by atoms with E-state index in [4.69, 9.17) is 9.47 Å². The molecular formula is C21H24N2O4. The van der Waals surface area contributed by atoms with Gasteiger partial charge in [-0.15, -0.1) is 0 Å². The number of carbonyl (C=O) groups is 2. The maximum atomic E-state index is 12.8. The number of carbonyl (C=O) groups excluding carboxylic acids is 2. The van der Waals surface area contributed by atoms with Gasteiger partial charge in [-0.25, -0.2) is 0 Å². The van der Waals surface area contributed by atoms with Crippen molar-refractivity contribution in [3.05, 3.63) is 53.6 Å². The van der Waals surface area contributed by atoms with E-state index in [2.05, 4.69) is 10.6 Å². The van der Waals surface area contributed by atoms with Crippen LogP contribution in [0.25, 0.3) is 0 Å². The van der Waals surface area contributed by atoms with Gasteiger partial charge in [0.1, 0.15) is 19.3 Å². The van der Waals surface area contributed by atoms with Gasteiger partial charge in [-0.3, -0.25) is 9.59 Å². The van der Waals surface area contributed by atoms with Crippen LogP contribution >= 0.6 is 0 Å². The maximum absolute atomic E-state index is 12.8. The summed E-state index contributed by atoms with van der Waals surface area (Å²) in [5, 5.41) is 5.70. The zero-order chi connectivity index (χ0) is 19.4. The molecule has 27 heavy (non-hydrogen) atoms. The van der Waals surface area contributed by atoms with Gasteiger partial charge in [0.15, 0.2) is 11.5 Å². The first-order valence-corrected chi connectivity index (χ1v) is 9.02. The molecule has 6 nitrogen and oxygen atoms in total. The summed E-state index contributed by atoms with van der Waals surface area (Å²) in [6.45, 7) is 6.65. The largest absolute Gasteiger partial charge is 0.486 e. The summed E-state index contributed by atoms with van der Waals surface area (Å²) in [6.07, 6.45) is 0. The highest BCUT2D eigenvalue weighted by Crippen LogP contribution is 2.32. The molecule has 2 aromatic carbocycles. The van der Waals surface area contributed by atoms with E-state index >= 15 is 0 Å². The summed E-state index contributed by atoms with van der Waals surface area (Å²) in [7, 11) is 0. The molecule has 1 aliphatic rings. The zero-order valence-electron chi connectivity index (χ0n) is 15.7. The number of amides is 2. The van der Waals surface area contributed by atoms with Crippen molar-refractivity contribution in [2.24, 2.45) is 5.92 Å². The number of benzene rings is 2. The molecule has 3 rings (SSSR count). The van der Waals surface area contributed by atoms with Crippen LogP contribution in [0.15, 0.2) is 42.5 Å². The predicted octanol–water partition coefficient (Wildman–Crippen LogP) is 3.16. The van der Waals surface area contributed by atoms with Crippen molar-refractivity contribution >= 4 is 17.5 Å². The fraction of sp³-hybridized carbons (Fsp3) is 0.333. The van der Waals surface area contributed by atoms with E-state index in [1.807, 2.05) is 39.0 Å². The first-order valence-electron chi connectivity index (χ1n) is 9.02. The summed E-state index contributed by atoms with van der Waals surface area (Å²) in [5.41, 5.74) is 2.03. The van der Waals surface area contributed by atoms with Gasteiger partial charge in [0.25, 0.3) is 5.91 Å². The molecule has 1 aliphatic heterocycles. The Balaban J connectivity index is 1.72. The van der Waals surface area contributed by atoms with Crippen LogP contribution in [0.5, 0.6) is 11.5 Å². The predicted molar refractivity (Wildman–Crippen MR) is 103 cm³/mol. The number of fused-ring (bicyclic) bond motifs is 1. The molecule has 0 saturated carbocycles. The van der Waals surface area contributed by atoms with Crippen LogP contribution in [0.1, 0.15) is 29.8 Å². The average molecular weight is 368 g/mol. The highest BCUT2D eigenvalue weighted by molar-refractivity contribution is 6.02. The van der Waals surface area contributed by atoms with Gasteiger partial charge in [-0.1, -0.05) is 32.0 Å². The minimum atomic E-state index is -0.662. The second-order valence-electron chi connectivity index (χ2n) is 6.86. The number of nitrogens with one attached hydrogen (secondary N) is 2. The molecule has 6 heteroatoms. The number of anilines is 1. The number of ether oxygens (including phenoxy) is 2. The molecule has 2 N–H and O–H groups in total. The van der Waals surface area contributed by atoms with Gasteiger partial charge in [-0.2, -0.15) is 0 Å². The van der Waals surface area contributed by atoms with E-state index in [9.17, 15) is 9.59 Å². The molecule has 0 fully saturated rings. The zero-order valence-corrected chi connectivity index (χ0v) is 15.7. The molecule has 0 aromatic heterocycles. The van der Waals surface area contributed by atoms with Gasteiger partial charge < -0.3 is 20.1 Å². The van der Waals surface area contributed by atoms with E-state index in [0.29, 0.717) is 36.0 Å². The van der Waals surface area contributed by atoms with Gasteiger partial charge in [0.2, 0.25) is 5.91 Å². The lowest BCUT2D eigenvalue weighted by Crippen LogP contribution is -2.47. The van der Waals surface area contributed by atoms with Gasteiger partial charge in [-0.05, 0) is 36.6 Å². The van der Waals surface area contributed by atoms with Crippen LogP contribution in [-0.2, 0) is 4.79 Å². The van der Waals surface area contributed by atoms with Crippen molar-refractivity contribution in [3.8, 4) is 11.5 Å². The van der Waals surface area contributed by atoms with Crippen LogP contribution in [0, 0.1) is 12.8 Å². The summed E-state index contributed by atoms with van der Waals surface area (Å²) in [6, 6.07) is 11.9. The Labute approximate surface area is 158 Å². The third kappa shape index (κ3) is 4.39. The maximum Gasteiger partial charge on any atom is 0.252 e. The summed E-state index contributed by atoms with van der Waals surface area (Å²) >= 11 is 0. The summed E-state index contributed by atoms with van der Waals surface area (Å²) in [5.74, 6) is 0.652. The third-order valence-electron chi connectivity index (χ3n) is 4.44. The highest BCUT2D eigenvalue weighted by Gasteiger charge is 2.25. The van der Waals surface area contributed by atoms with Crippen molar-refractivity contribution < 1.29 is 19.1 Å². The smallest absolute Gasteiger partial charge is 0.252 e. The molecule has 0 saturated heterocycles. The van der Waals surface area contributed by atoms with E-state index < -0.39 is 6.04 Å². The molecule has 0 bridgehead atoms. The van der Waals surface area contributed by atoms with Crippen LogP contribution in [0.2, 0.25) is 0 Å². The third-order valence-corrected chi connectivity index (χ3v) is 4.44. The van der Waals surface area contributed by atoms with Crippen molar-refractivity contribution in [1.29, 1.82) is 0 Å². The van der Waals surface area contributed by atoms with Gasteiger partial charge >= 0.3 is 0 Å². The van der Waals surface area contributed by atoms with Crippen molar-refractivity contribution in [3.63, 3.8) is 0 Å². The van der Waals surface area contributed by atoms with Gasteiger partial charge in [0.05, 0.1) is 0 Å². The Bertz CT molecular complexity index is 848. The number of aryl methyl sites for hydroxylation is 1. The monoisotopic (exact) mass is 368 g/mol. The molecule has 2 aromatic rings. The van der Waals surface area contributed by atoms with Crippen molar-refractivity contribution in [2.75, 3.05) is 18.5 Å². The molecule has 1 heterocycles. The average Bonchev–Trinajstić information content (AvgIpc) is 2.65. The standard InChI is InChI=1S/C21H24N2O4/c1-13(2)19(23-20(24)16-7-5-4-6-14(16)3)21(25)22-15-8-9-17-18(12-15)27-11-10-26-17/h4-9,12-13,19H,10-11H2,1-3H3,(H,22,25)(H,23,24). The van der Waals surface area contributed by atoms with E-state index in [0.717, 1.165) is 5.56 Å². The number of rotatable bonds is 5. The minimum absolute atomic E-state index is 0.0739. The van der Waals surface area contributed by atoms with Crippen LogP contribution in [0.3, 0.4) is 0 Å². The first-order chi connectivity index (χ1) is 13.0. The Morgan fingerprint density at radius 1 is 1.00 bits per heavy atom. The fourth-order valence-corrected chi connectivity index (χ4v) is 2.92.